The summed E-state index contributed by atoms with van der Waals surface area (Å²) in [6.07, 6.45) is 1.52. The predicted octanol–water partition coefficient (Wildman–Crippen LogP) is -0.490. The molecule has 140 valence electrons. The summed E-state index contributed by atoms with van der Waals surface area (Å²) in [5.41, 5.74) is 0. The van der Waals surface area contributed by atoms with E-state index in [1.165, 1.54) is 0 Å². The molecule has 1 fully saturated rings. The Hall–Kier alpha value is -0.780. The second-order valence-electron chi connectivity index (χ2n) is 5.60. The molecule has 0 aliphatic carbocycles. The fraction of sp³-hybridized carbons (Fsp3) is 0.714. The summed E-state index contributed by atoms with van der Waals surface area (Å²) in [4.78, 5) is 4.61. The van der Waals surface area contributed by atoms with Gasteiger partial charge in [0.1, 0.15) is 0 Å². The van der Waals surface area contributed by atoms with Gasteiger partial charge in [0, 0.05) is 50.1 Å². The summed E-state index contributed by atoms with van der Waals surface area (Å²) in [7, 11) is -6.65. The van der Waals surface area contributed by atoms with Crippen molar-refractivity contribution >= 4 is 20.0 Å². The van der Waals surface area contributed by atoms with Crippen LogP contribution in [-0.2, 0) is 20.0 Å². The lowest BCUT2D eigenvalue weighted by atomic mass is 10.2. The van der Waals surface area contributed by atoms with Crippen LogP contribution in [0.3, 0.4) is 0 Å². The van der Waals surface area contributed by atoms with Crippen molar-refractivity contribution in [3.05, 3.63) is 24.0 Å². The van der Waals surface area contributed by atoms with Gasteiger partial charge in [0.25, 0.3) is 0 Å². The fourth-order valence-electron chi connectivity index (χ4n) is 2.39. The van der Waals surface area contributed by atoms with Crippen molar-refractivity contribution in [2.45, 2.75) is 12.8 Å². The second kappa shape index (κ2) is 10.3. The minimum Gasteiger partial charge on any atom is -0.301 e. The van der Waals surface area contributed by atoms with E-state index >= 15 is 0 Å². The van der Waals surface area contributed by atoms with Gasteiger partial charge >= 0.3 is 0 Å². The molecule has 0 aromatic heterocycles. The first kappa shape index (κ1) is 21.3. The molecule has 8 nitrogen and oxygen atoms in total. The lowest BCUT2D eigenvalue weighted by Crippen LogP contribution is -2.47. The summed E-state index contributed by atoms with van der Waals surface area (Å²) in [6.45, 7) is 12.8. The van der Waals surface area contributed by atoms with Crippen LogP contribution in [0.15, 0.2) is 24.0 Å². The van der Waals surface area contributed by atoms with Gasteiger partial charge in [-0.15, -0.1) is 0 Å². The van der Waals surface area contributed by atoms with Crippen LogP contribution < -0.4 is 9.44 Å². The maximum absolute atomic E-state index is 11.2. The molecule has 1 rings (SSSR count). The van der Waals surface area contributed by atoms with E-state index in [0.717, 1.165) is 62.9 Å². The molecule has 0 spiro atoms. The summed E-state index contributed by atoms with van der Waals surface area (Å²) in [6, 6.07) is 0. The zero-order valence-electron chi connectivity index (χ0n) is 14.0. The van der Waals surface area contributed by atoms with E-state index in [2.05, 4.69) is 32.4 Å². The molecule has 1 saturated heterocycles. The Kier molecular flexibility index (Phi) is 9.09. The SMILES string of the molecule is C=CS(=O)(=O)NCCCN1CCN(CCCNS(=O)(=O)C=C)CC1. The second-order valence-corrected chi connectivity index (χ2v) is 9.03. The summed E-state index contributed by atoms with van der Waals surface area (Å²) in [5, 5.41) is 1.84. The Morgan fingerprint density at radius 1 is 0.750 bits per heavy atom. The van der Waals surface area contributed by atoms with Gasteiger partial charge < -0.3 is 9.80 Å². The molecular formula is C14H28N4O4S2. The highest BCUT2D eigenvalue weighted by molar-refractivity contribution is 7.92. The fourth-order valence-corrected chi connectivity index (χ4v) is 3.48. The first-order chi connectivity index (χ1) is 11.3. The van der Waals surface area contributed by atoms with Gasteiger partial charge in [0.05, 0.1) is 0 Å². The first-order valence-corrected chi connectivity index (χ1v) is 11.1. The van der Waals surface area contributed by atoms with Gasteiger partial charge in [-0.3, -0.25) is 0 Å². The molecule has 1 heterocycles. The van der Waals surface area contributed by atoms with E-state index in [-0.39, 0.29) is 0 Å². The van der Waals surface area contributed by atoms with Crippen LogP contribution >= 0.6 is 0 Å². The van der Waals surface area contributed by atoms with E-state index in [0.29, 0.717) is 13.1 Å². The number of nitrogens with zero attached hydrogens (tertiary/aromatic N) is 2. The average Bonchev–Trinajstić information content (AvgIpc) is 2.57. The molecule has 0 unspecified atom stereocenters. The molecule has 2 N–H and O–H groups in total. The topological polar surface area (TPSA) is 98.8 Å². The van der Waals surface area contributed by atoms with Crippen LogP contribution in [0.1, 0.15) is 12.8 Å². The molecular weight excluding hydrogens is 352 g/mol. The highest BCUT2D eigenvalue weighted by Crippen LogP contribution is 2.03. The lowest BCUT2D eigenvalue weighted by molar-refractivity contribution is 0.131. The third kappa shape index (κ3) is 8.90. The van der Waals surface area contributed by atoms with E-state index in [4.69, 9.17) is 0 Å². The molecule has 0 amide bonds. The third-order valence-corrected chi connectivity index (χ3v) is 5.90. The summed E-state index contributed by atoms with van der Waals surface area (Å²) in [5.74, 6) is 0. The zero-order valence-corrected chi connectivity index (χ0v) is 15.6. The first-order valence-electron chi connectivity index (χ1n) is 7.97. The molecule has 0 aromatic carbocycles. The van der Waals surface area contributed by atoms with Gasteiger partial charge in [-0.1, -0.05) is 13.2 Å². The molecule has 1 aliphatic rings. The zero-order chi connectivity index (χ0) is 18.1. The highest BCUT2D eigenvalue weighted by Gasteiger charge is 2.16. The Morgan fingerprint density at radius 3 is 1.38 bits per heavy atom. The quantitative estimate of drug-likeness (QED) is 0.443. The number of piperazine rings is 1. The maximum atomic E-state index is 11.2. The number of sulfonamides is 2. The molecule has 0 bridgehead atoms. The predicted molar refractivity (Wildman–Crippen MR) is 96.4 cm³/mol. The molecule has 24 heavy (non-hydrogen) atoms. The number of rotatable bonds is 12. The van der Waals surface area contributed by atoms with Crippen LogP contribution in [-0.4, -0.2) is 79.0 Å². The standard InChI is InChI=1S/C14H28N4O4S2/c1-3-23(19,20)15-7-5-9-17-11-13-18(14-12-17)10-6-8-16-24(21,22)4-2/h3-4,15-16H,1-2,5-14H2. The van der Waals surface area contributed by atoms with Gasteiger partial charge in [-0.05, 0) is 25.9 Å². The van der Waals surface area contributed by atoms with Gasteiger partial charge in [0.2, 0.25) is 20.0 Å². The molecule has 0 saturated carbocycles. The molecule has 0 radical (unpaired) electrons. The van der Waals surface area contributed by atoms with E-state index < -0.39 is 20.0 Å². The van der Waals surface area contributed by atoms with Crippen molar-refractivity contribution in [2.24, 2.45) is 0 Å². The van der Waals surface area contributed by atoms with Crippen molar-refractivity contribution in [3.63, 3.8) is 0 Å². The van der Waals surface area contributed by atoms with Crippen molar-refractivity contribution in [3.8, 4) is 0 Å². The maximum Gasteiger partial charge on any atom is 0.233 e. The minimum absolute atomic E-state index is 0.415. The van der Waals surface area contributed by atoms with Crippen molar-refractivity contribution < 1.29 is 16.8 Å². The Morgan fingerprint density at radius 2 is 1.08 bits per heavy atom. The van der Waals surface area contributed by atoms with E-state index in [9.17, 15) is 16.8 Å². The van der Waals surface area contributed by atoms with E-state index in [1.807, 2.05) is 0 Å². The van der Waals surface area contributed by atoms with Crippen molar-refractivity contribution in [1.29, 1.82) is 0 Å². The molecule has 10 heteroatoms. The largest absolute Gasteiger partial charge is 0.301 e. The van der Waals surface area contributed by atoms with Gasteiger partial charge in [-0.2, -0.15) is 0 Å². The Bertz CT molecular complexity index is 542. The normalized spacial score (nSPS) is 17.7. The van der Waals surface area contributed by atoms with Crippen LogP contribution in [0.5, 0.6) is 0 Å². The lowest BCUT2D eigenvalue weighted by Gasteiger charge is -2.34. The van der Waals surface area contributed by atoms with Gasteiger partial charge in [-0.25, -0.2) is 26.3 Å². The third-order valence-electron chi connectivity index (χ3n) is 3.81. The Labute approximate surface area is 145 Å². The van der Waals surface area contributed by atoms with E-state index in [1.54, 1.807) is 0 Å². The number of nitrogens with one attached hydrogen (secondary N) is 2. The van der Waals surface area contributed by atoms with Gasteiger partial charge in [0.15, 0.2) is 0 Å². The van der Waals surface area contributed by atoms with Crippen LogP contribution in [0.4, 0.5) is 0 Å². The smallest absolute Gasteiger partial charge is 0.233 e. The number of hydrogen-bond acceptors (Lipinski definition) is 6. The average molecular weight is 381 g/mol. The molecule has 0 aromatic rings. The monoisotopic (exact) mass is 380 g/mol. The summed E-state index contributed by atoms with van der Waals surface area (Å²) >= 11 is 0. The number of hydrogen-bond donors (Lipinski definition) is 2. The molecule has 1 aliphatic heterocycles. The minimum atomic E-state index is -3.32. The van der Waals surface area contributed by atoms with Crippen molar-refractivity contribution in [2.75, 3.05) is 52.4 Å². The van der Waals surface area contributed by atoms with Crippen LogP contribution in [0.25, 0.3) is 0 Å². The molecule has 0 atom stereocenters. The van der Waals surface area contributed by atoms with Crippen molar-refractivity contribution in [1.82, 2.24) is 19.2 Å². The van der Waals surface area contributed by atoms with Crippen LogP contribution in [0.2, 0.25) is 0 Å². The Balaban J connectivity index is 2.09. The summed E-state index contributed by atoms with van der Waals surface area (Å²) < 4.78 is 49.7. The highest BCUT2D eigenvalue weighted by atomic mass is 32.2. The van der Waals surface area contributed by atoms with Crippen LogP contribution in [0, 0.1) is 0 Å².